The summed E-state index contributed by atoms with van der Waals surface area (Å²) >= 11 is 0. The molecule has 35 heavy (non-hydrogen) atoms. The quantitative estimate of drug-likeness (QED) is 0.615. The Morgan fingerprint density at radius 1 is 1.00 bits per heavy atom. The Hall–Kier alpha value is -2.79. The van der Waals surface area contributed by atoms with Crippen LogP contribution in [0.4, 0.5) is 18.9 Å². The lowest BCUT2D eigenvalue weighted by molar-refractivity contribution is -0.137. The monoisotopic (exact) mass is 511 g/mol. The molecule has 0 N–H and O–H groups in total. The Morgan fingerprint density at radius 2 is 1.69 bits per heavy atom. The minimum absolute atomic E-state index is 0.108. The van der Waals surface area contributed by atoms with E-state index in [0.717, 1.165) is 12.1 Å². The number of benzene rings is 2. The van der Waals surface area contributed by atoms with Gasteiger partial charge in [0.25, 0.3) is 0 Å². The number of halogens is 3. The molecule has 0 aliphatic carbocycles. The van der Waals surface area contributed by atoms with Crippen LogP contribution in [0.2, 0.25) is 0 Å². The molecule has 2 aliphatic rings. The smallest absolute Gasteiger partial charge is 0.416 e. The number of ether oxygens (including phenoxy) is 1. The highest BCUT2D eigenvalue weighted by Gasteiger charge is 2.36. The van der Waals surface area contributed by atoms with E-state index in [-0.39, 0.29) is 17.3 Å². The minimum Gasteiger partial charge on any atom is -0.497 e. The Bertz CT molecular complexity index is 1150. The molecular weight excluding hydrogens is 483 g/mol. The van der Waals surface area contributed by atoms with Crippen LogP contribution >= 0.6 is 0 Å². The molecule has 2 heterocycles. The van der Waals surface area contributed by atoms with Crippen molar-refractivity contribution in [3.63, 3.8) is 0 Å². The molecule has 190 valence electrons. The Balaban J connectivity index is 1.38. The van der Waals surface area contributed by atoms with Crippen LogP contribution in [-0.2, 0) is 21.0 Å². The zero-order valence-electron chi connectivity index (χ0n) is 19.4. The molecule has 0 bridgehead atoms. The van der Waals surface area contributed by atoms with Gasteiger partial charge in [0, 0.05) is 45.0 Å². The molecule has 0 spiro atoms. The zero-order valence-corrected chi connectivity index (χ0v) is 20.2. The van der Waals surface area contributed by atoms with E-state index in [2.05, 4.69) is 0 Å². The summed E-state index contributed by atoms with van der Waals surface area (Å²) in [6.07, 6.45) is -3.23. The first-order valence-electron chi connectivity index (χ1n) is 11.4. The van der Waals surface area contributed by atoms with Gasteiger partial charge in [0.1, 0.15) is 5.75 Å². The third-order valence-electron chi connectivity index (χ3n) is 6.56. The molecule has 0 unspecified atom stereocenters. The van der Waals surface area contributed by atoms with Gasteiger partial charge in [-0.3, -0.25) is 4.79 Å². The number of nitrogens with zero attached hydrogens (tertiary/aromatic N) is 3. The van der Waals surface area contributed by atoms with E-state index in [1.165, 1.54) is 29.6 Å². The number of piperazine rings is 1. The lowest BCUT2D eigenvalue weighted by atomic mass is 9.97. The molecule has 2 saturated heterocycles. The van der Waals surface area contributed by atoms with E-state index in [4.69, 9.17) is 4.74 Å². The van der Waals surface area contributed by atoms with Crippen LogP contribution < -0.4 is 9.64 Å². The first kappa shape index (κ1) is 25.3. The van der Waals surface area contributed by atoms with Crippen molar-refractivity contribution in [3.05, 3.63) is 54.1 Å². The van der Waals surface area contributed by atoms with E-state index < -0.39 is 27.7 Å². The summed E-state index contributed by atoms with van der Waals surface area (Å²) < 4.78 is 71.8. The van der Waals surface area contributed by atoms with Crippen molar-refractivity contribution in [1.29, 1.82) is 0 Å². The molecule has 2 fully saturated rings. The summed E-state index contributed by atoms with van der Waals surface area (Å²) in [7, 11) is -2.23. The number of hydrogen-bond donors (Lipinski definition) is 0. The first-order valence-corrected chi connectivity index (χ1v) is 12.9. The maximum Gasteiger partial charge on any atom is 0.416 e. The molecule has 0 aromatic heterocycles. The van der Waals surface area contributed by atoms with Crippen molar-refractivity contribution in [3.8, 4) is 5.75 Å². The second-order valence-corrected chi connectivity index (χ2v) is 10.7. The number of carbonyl (C=O) groups excluding carboxylic acids is 1. The SMILES string of the molecule is COc1ccc(S(=O)(=O)N2CCC[C@H](C(=O)N3CCN(c4cccc(C(F)(F)F)c4)CC3)C2)cc1. The number of anilines is 1. The topological polar surface area (TPSA) is 70.2 Å². The number of rotatable bonds is 5. The highest BCUT2D eigenvalue weighted by atomic mass is 32.2. The number of methoxy groups -OCH3 is 1. The lowest BCUT2D eigenvalue weighted by Gasteiger charge is -2.39. The van der Waals surface area contributed by atoms with Gasteiger partial charge in [0.05, 0.1) is 23.5 Å². The molecule has 4 rings (SSSR count). The van der Waals surface area contributed by atoms with Crippen molar-refractivity contribution in [2.75, 3.05) is 51.3 Å². The van der Waals surface area contributed by atoms with Gasteiger partial charge in [-0.15, -0.1) is 0 Å². The number of carbonyl (C=O) groups is 1. The Labute approximate surface area is 203 Å². The fraction of sp³-hybridized carbons (Fsp3) is 0.458. The predicted molar refractivity (Wildman–Crippen MR) is 125 cm³/mol. The molecule has 11 heteroatoms. The molecule has 2 aromatic carbocycles. The van der Waals surface area contributed by atoms with E-state index in [1.807, 2.05) is 4.90 Å². The fourth-order valence-electron chi connectivity index (χ4n) is 4.58. The molecule has 2 aliphatic heterocycles. The highest BCUT2D eigenvalue weighted by molar-refractivity contribution is 7.89. The zero-order chi connectivity index (χ0) is 25.2. The molecule has 0 saturated carbocycles. The van der Waals surface area contributed by atoms with Crippen LogP contribution in [0.3, 0.4) is 0 Å². The van der Waals surface area contributed by atoms with Gasteiger partial charge in [0.2, 0.25) is 15.9 Å². The van der Waals surface area contributed by atoms with Gasteiger partial charge in [-0.1, -0.05) is 6.07 Å². The maximum absolute atomic E-state index is 13.2. The van der Waals surface area contributed by atoms with Gasteiger partial charge in [0.15, 0.2) is 0 Å². The summed E-state index contributed by atoms with van der Waals surface area (Å²) in [4.78, 5) is 16.9. The van der Waals surface area contributed by atoms with Gasteiger partial charge in [-0.05, 0) is 55.3 Å². The first-order chi connectivity index (χ1) is 16.6. The summed E-state index contributed by atoms with van der Waals surface area (Å²) in [6.45, 7) is 2.03. The van der Waals surface area contributed by atoms with Crippen molar-refractivity contribution < 1.29 is 31.1 Å². The van der Waals surface area contributed by atoms with Gasteiger partial charge in [-0.2, -0.15) is 17.5 Å². The average Bonchev–Trinajstić information content (AvgIpc) is 2.88. The summed E-state index contributed by atoms with van der Waals surface area (Å²) in [5.41, 5.74) is -0.227. The number of piperidine rings is 1. The van der Waals surface area contributed by atoms with Crippen LogP contribution in [0.15, 0.2) is 53.4 Å². The van der Waals surface area contributed by atoms with Crippen LogP contribution in [0.1, 0.15) is 18.4 Å². The third kappa shape index (κ3) is 5.56. The van der Waals surface area contributed by atoms with Gasteiger partial charge in [-0.25, -0.2) is 8.42 Å². The van der Waals surface area contributed by atoms with Crippen LogP contribution in [-0.4, -0.2) is 69.9 Å². The normalized spacial score (nSPS) is 20.1. The van der Waals surface area contributed by atoms with Crippen molar-refractivity contribution >= 4 is 21.6 Å². The van der Waals surface area contributed by atoms with Crippen molar-refractivity contribution in [2.45, 2.75) is 23.9 Å². The molecule has 1 atom stereocenters. The largest absolute Gasteiger partial charge is 0.497 e. The molecule has 7 nitrogen and oxygen atoms in total. The van der Waals surface area contributed by atoms with Crippen molar-refractivity contribution in [2.24, 2.45) is 5.92 Å². The van der Waals surface area contributed by atoms with Crippen LogP contribution in [0, 0.1) is 5.92 Å². The number of alkyl halides is 3. The van der Waals surface area contributed by atoms with Gasteiger partial charge < -0.3 is 14.5 Å². The summed E-state index contributed by atoms with van der Waals surface area (Å²) in [5.74, 6) is 0.000118. The Morgan fingerprint density at radius 3 is 2.31 bits per heavy atom. The minimum atomic E-state index is -4.41. The number of sulfonamides is 1. The standard InChI is InChI=1S/C24H28F3N3O4S/c1-34-21-7-9-22(10-8-21)35(32,33)30-11-3-4-18(17-30)23(31)29-14-12-28(13-15-29)20-6-2-5-19(16-20)24(25,26)27/h2,5-10,16,18H,3-4,11-15,17H2,1H3/t18-/m0/s1. The highest BCUT2D eigenvalue weighted by Crippen LogP contribution is 2.32. The van der Waals surface area contributed by atoms with E-state index >= 15 is 0 Å². The van der Waals surface area contributed by atoms with E-state index in [0.29, 0.717) is 57.0 Å². The molecular formula is C24H28F3N3O4S. The predicted octanol–water partition coefficient (Wildman–Crippen LogP) is 3.46. The average molecular weight is 512 g/mol. The number of hydrogen-bond acceptors (Lipinski definition) is 5. The van der Waals surface area contributed by atoms with Crippen molar-refractivity contribution in [1.82, 2.24) is 9.21 Å². The number of amides is 1. The second kappa shape index (κ2) is 10.1. The summed E-state index contributed by atoms with van der Waals surface area (Å²) in [6, 6.07) is 11.3. The van der Waals surface area contributed by atoms with Crippen LogP contribution in [0.5, 0.6) is 5.75 Å². The molecule has 1 amide bonds. The summed E-state index contributed by atoms with van der Waals surface area (Å²) in [5, 5.41) is 0. The third-order valence-corrected chi connectivity index (χ3v) is 8.44. The lowest BCUT2D eigenvalue weighted by Crippen LogP contribution is -2.53. The molecule has 0 radical (unpaired) electrons. The second-order valence-electron chi connectivity index (χ2n) is 8.74. The van der Waals surface area contributed by atoms with Gasteiger partial charge >= 0.3 is 6.18 Å². The maximum atomic E-state index is 13.2. The Kier molecular flexibility index (Phi) is 7.27. The fourth-order valence-corrected chi connectivity index (χ4v) is 6.11. The van der Waals surface area contributed by atoms with E-state index in [9.17, 15) is 26.4 Å². The van der Waals surface area contributed by atoms with Crippen LogP contribution in [0.25, 0.3) is 0 Å². The van der Waals surface area contributed by atoms with E-state index in [1.54, 1.807) is 23.1 Å². The molecule has 2 aromatic rings.